The van der Waals surface area contributed by atoms with Crippen molar-refractivity contribution in [3.63, 3.8) is 0 Å². The summed E-state index contributed by atoms with van der Waals surface area (Å²) in [5, 5.41) is 9.75. The predicted molar refractivity (Wildman–Crippen MR) is 64.0 cm³/mol. The van der Waals surface area contributed by atoms with Gasteiger partial charge in [-0.05, 0) is 6.42 Å². The molecule has 94 valence electrons. The third kappa shape index (κ3) is 1.65. The van der Waals surface area contributed by atoms with Gasteiger partial charge in [0.25, 0.3) is 0 Å². The first kappa shape index (κ1) is 11.4. The first-order chi connectivity index (χ1) is 8.68. The van der Waals surface area contributed by atoms with E-state index in [-0.39, 0.29) is 16.8 Å². The Morgan fingerprint density at radius 1 is 1.56 bits per heavy atom. The number of aromatic nitrogens is 3. The molecular weight excluding hydrogens is 258 g/mol. The van der Waals surface area contributed by atoms with E-state index in [1.165, 1.54) is 6.33 Å². The summed E-state index contributed by atoms with van der Waals surface area (Å²) < 4.78 is 7.13. The number of rotatable bonds is 2. The predicted octanol–water partition coefficient (Wildman–Crippen LogP) is 1.74. The maximum absolute atomic E-state index is 11.2. The normalized spacial score (nSPS) is 19.5. The standard InChI is InChI=1S/C11H10ClN3O3/c12-9-8-7(11(16)17)3-15(6-1-2-18-4-6)10(8)14-5-13-9/h3,5-6H,1-2,4H2,(H,16,17). The van der Waals surface area contributed by atoms with Crippen LogP contribution in [0.2, 0.25) is 5.15 Å². The second kappa shape index (κ2) is 4.22. The molecule has 1 atom stereocenters. The quantitative estimate of drug-likeness (QED) is 0.839. The molecule has 0 aromatic carbocycles. The van der Waals surface area contributed by atoms with Gasteiger partial charge in [0.05, 0.1) is 23.6 Å². The Hall–Kier alpha value is -1.66. The van der Waals surface area contributed by atoms with Gasteiger partial charge in [0.15, 0.2) is 0 Å². The average Bonchev–Trinajstić information content (AvgIpc) is 2.95. The van der Waals surface area contributed by atoms with E-state index >= 15 is 0 Å². The van der Waals surface area contributed by atoms with Gasteiger partial charge in [0.1, 0.15) is 17.1 Å². The summed E-state index contributed by atoms with van der Waals surface area (Å²) in [6, 6.07) is 0.103. The van der Waals surface area contributed by atoms with E-state index in [0.29, 0.717) is 24.2 Å². The molecule has 6 nitrogen and oxygen atoms in total. The van der Waals surface area contributed by atoms with Crippen LogP contribution in [0.25, 0.3) is 11.0 Å². The number of nitrogens with zero attached hydrogens (tertiary/aromatic N) is 3. The molecule has 0 bridgehead atoms. The van der Waals surface area contributed by atoms with Gasteiger partial charge < -0.3 is 14.4 Å². The molecule has 3 heterocycles. The Balaban J connectivity index is 2.26. The Morgan fingerprint density at radius 3 is 3.06 bits per heavy atom. The third-order valence-electron chi connectivity index (χ3n) is 3.09. The van der Waals surface area contributed by atoms with E-state index in [1.54, 1.807) is 6.20 Å². The van der Waals surface area contributed by atoms with Crippen molar-refractivity contribution in [2.45, 2.75) is 12.5 Å². The molecule has 1 unspecified atom stereocenters. The zero-order valence-corrected chi connectivity index (χ0v) is 10.1. The Kier molecular flexibility index (Phi) is 2.68. The van der Waals surface area contributed by atoms with Gasteiger partial charge in [0.2, 0.25) is 0 Å². The van der Waals surface area contributed by atoms with Crippen LogP contribution in [0.4, 0.5) is 0 Å². The highest BCUT2D eigenvalue weighted by Gasteiger charge is 2.25. The summed E-state index contributed by atoms with van der Waals surface area (Å²) in [5.74, 6) is -1.03. The Morgan fingerprint density at radius 2 is 2.39 bits per heavy atom. The van der Waals surface area contributed by atoms with Crippen LogP contribution in [0.1, 0.15) is 22.8 Å². The zero-order chi connectivity index (χ0) is 12.7. The number of hydrogen-bond acceptors (Lipinski definition) is 4. The third-order valence-corrected chi connectivity index (χ3v) is 3.38. The highest BCUT2D eigenvalue weighted by Crippen LogP contribution is 2.30. The lowest BCUT2D eigenvalue weighted by Crippen LogP contribution is -2.08. The summed E-state index contributed by atoms with van der Waals surface area (Å²) in [4.78, 5) is 19.2. The number of halogens is 1. The number of carbonyl (C=O) groups is 1. The van der Waals surface area contributed by atoms with Gasteiger partial charge >= 0.3 is 5.97 Å². The zero-order valence-electron chi connectivity index (χ0n) is 9.34. The van der Waals surface area contributed by atoms with Crippen LogP contribution in [-0.2, 0) is 4.74 Å². The van der Waals surface area contributed by atoms with Crippen molar-refractivity contribution in [2.75, 3.05) is 13.2 Å². The molecule has 0 saturated carbocycles. The number of carboxylic acids is 1. The van der Waals surface area contributed by atoms with E-state index in [1.807, 2.05) is 4.57 Å². The average molecular weight is 268 g/mol. The molecule has 1 fully saturated rings. The summed E-state index contributed by atoms with van der Waals surface area (Å²) in [7, 11) is 0. The molecule has 2 aromatic rings. The topological polar surface area (TPSA) is 77.2 Å². The van der Waals surface area contributed by atoms with E-state index in [9.17, 15) is 9.90 Å². The molecule has 0 amide bonds. The van der Waals surface area contributed by atoms with Crippen molar-refractivity contribution in [3.8, 4) is 0 Å². The smallest absolute Gasteiger partial charge is 0.338 e. The lowest BCUT2D eigenvalue weighted by atomic mass is 10.2. The number of ether oxygens (including phenoxy) is 1. The fourth-order valence-corrected chi connectivity index (χ4v) is 2.46. The first-order valence-corrected chi connectivity index (χ1v) is 5.88. The van der Waals surface area contributed by atoms with E-state index in [4.69, 9.17) is 16.3 Å². The maximum atomic E-state index is 11.2. The van der Waals surface area contributed by atoms with Gasteiger partial charge in [0, 0.05) is 12.8 Å². The van der Waals surface area contributed by atoms with Crippen molar-refractivity contribution in [2.24, 2.45) is 0 Å². The van der Waals surface area contributed by atoms with Gasteiger partial charge in [-0.1, -0.05) is 11.6 Å². The van der Waals surface area contributed by atoms with E-state index in [2.05, 4.69) is 9.97 Å². The molecule has 0 aliphatic carbocycles. The second-order valence-corrected chi connectivity index (χ2v) is 4.49. The lowest BCUT2D eigenvalue weighted by molar-refractivity contribution is 0.0698. The molecule has 7 heteroatoms. The molecule has 0 spiro atoms. The Labute approximate surface area is 107 Å². The van der Waals surface area contributed by atoms with E-state index < -0.39 is 5.97 Å². The van der Waals surface area contributed by atoms with Crippen LogP contribution in [-0.4, -0.2) is 38.8 Å². The van der Waals surface area contributed by atoms with Crippen LogP contribution in [0.3, 0.4) is 0 Å². The number of carboxylic acid groups (broad SMARTS) is 1. The van der Waals surface area contributed by atoms with Gasteiger partial charge in [-0.15, -0.1) is 0 Å². The molecule has 3 rings (SSSR count). The molecular formula is C11H10ClN3O3. The molecule has 1 aliphatic rings. The minimum absolute atomic E-state index is 0.103. The highest BCUT2D eigenvalue weighted by atomic mass is 35.5. The van der Waals surface area contributed by atoms with Crippen LogP contribution < -0.4 is 0 Å². The fraction of sp³-hybridized carbons (Fsp3) is 0.364. The second-order valence-electron chi connectivity index (χ2n) is 4.14. The van der Waals surface area contributed by atoms with Crippen molar-refractivity contribution in [3.05, 3.63) is 23.2 Å². The van der Waals surface area contributed by atoms with Crippen molar-refractivity contribution in [1.82, 2.24) is 14.5 Å². The first-order valence-electron chi connectivity index (χ1n) is 5.50. The molecule has 18 heavy (non-hydrogen) atoms. The van der Waals surface area contributed by atoms with Crippen LogP contribution >= 0.6 is 11.6 Å². The fourth-order valence-electron chi connectivity index (χ4n) is 2.23. The number of hydrogen-bond donors (Lipinski definition) is 1. The van der Waals surface area contributed by atoms with Crippen LogP contribution in [0.15, 0.2) is 12.5 Å². The minimum Gasteiger partial charge on any atom is -0.478 e. The van der Waals surface area contributed by atoms with Crippen molar-refractivity contribution in [1.29, 1.82) is 0 Å². The van der Waals surface area contributed by atoms with Crippen molar-refractivity contribution >= 4 is 28.6 Å². The van der Waals surface area contributed by atoms with Crippen LogP contribution in [0, 0.1) is 0 Å². The number of aromatic carboxylic acids is 1. The van der Waals surface area contributed by atoms with Gasteiger partial charge in [-0.3, -0.25) is 0 Å². The molecule has 1 N–H and O–H groups in total. The monoisotopic (exact) mass is 267 g/mol. The number of fused-ring (bicyclic) bond motifs is 1. The van der Waals surface area contributed by atoms with Crippen molar-refractivity contribution < 1.29 is 14.6 Å². The minimum atomic E-state index is -1.03. The SMILES string of the molecule is O=C(O)c1cn(C2CCOC2)c2ncnc(Cl)c12. The largest absolute Gasteiger partial charge is 0.478 e. The molecule has 2 aromatic heterocycles. The highest BCUT2D eigenvalue weighted by molar-refractivity contribution is 6.35. The lowest BCUT2D eigenvalue weighted by Gasteiger charge is -2.10. The molecule has 1 saturated heterocycles. The summed E-state index contributed by atoms with van der Waals surface area (Å²) in [6.45, 7) is 1.23. The van der Waals surface area contributed by atoms with Crippen LogP contribution in [0.5, 0.6) is 0 Å². The summed E-state index contributed by atoms with van der Waals surface area (Å²) in [6.07, 6.45) is 3.74. The summed E-state index contributed by atoms with van der Waals surface area (Å²) >= 11 is 5.97. The maximum Gasteiger partial charge on any atom is 0.338 e. The molecule has 0 radical (unpaired) electrons. The summed E-state index contributed by atoms with van der Waals surface area (Å²) in [5.41, 5.74) is 0.672. The van der Waals surface area contributed by atoms with Gasteiger partial charge in [-0.2, -0.15) is 0 Å². The van der Waals surface area contributed by atoms with E-state index in [0.717, 1.165) is 6.42 Å². The molecule has 1 aliphatic heterocycles. The Bertz CT molecular complexity index is 619. The van der Waals surface area contributed by atoms with Gasteiger partial charge in [-0.25, -0.2) is 14.8 Å².